The van der Waals surface area contributed by atoms with Crippen molar-refractivity contribution < 1.29 is 13.2 Å². The Labute approximate surface area is 113 Å². The molecular weight excluding hydrogens is 264 g/mol. The fourth-order valence-corrected chi connectivity index (χ4v) is 3.78. The second-order valence-corrected chi connectivity index (χ2v) is 6.52. The van der Waals surface area contributed by atoms with Gasteiger partial charge in [0.2, 0.25) is 10.0 Å². The third kappa shape index (κ3) is 3.07. The molecule has 1 amide bonds. The number of carbonyl (C=O) groups excluding carboxylic acids is 1. The van der Waals surface area contributed by atoms with E-state index in [1.165, 1.54) is 4.31 Å². The Balaban J connectivity index is 2.30. The number of sulfonamides is 1. The molecule has 1 aliphatic rings. The maximum atomic E-state index is 12.0. The zero-order valence-electron chi connectivity index (χ0n) is 10.9. The van der Waals surface area contributed by atoms with Gasteiger partial charge in [-0.1, -0.05) is 6.07 Å². The SMILES string of the molecule is CCNC(=O)c1cccc(N2CCCCS2(=O)=O)c1. The van der Waals surface area contributed by atoms with Crippen molar-refractivity contribution in [3.63, 3.8) is 0 Å². The van der Waals surface area contributed by atoms with Crippen LogP contribution in [0.1, 0.15) is 30.1 Å². The van der Waals surface area contributed by atoms with Crippen LogP contribution in [-0.4, -0.2) is 33.2 Å². The summed E-state index contributed by atoms with van der Waals surface area (Å²) in [5, 5.41) is 2.71. The summed E-state index contributed by atoms with van der Waals surface area (Å²) < 4.78 is 25.4. The zero-order chi connectivity index (χ0) is 13.9. The largest absolute Gasteiger partial charge is 0.352 e. The molecule has 1 aromatic rings. The van der Waals surface area contributed by atoms with Crippen molar-refractivity contribution in [3.8, 4) is 0 Å². The molecule has 19 heavy (non-hydrogen) atoms. The number of hydrogen-bond donors (Lipinski definition) is 1. The highest BCUT2D eigenvalue weighted by Crippen LogP contribution is 2.24. The molecule has 1 fully saturated rings. The van der Waals surface area contributed by atoms with Crippen LogP contribution in [-0.2, 0) is 10.0 Å². The molecule has 1 aromatic carbocycles. The zero-order valence-corrected chi connectivity index (χ0v) is 11.7. The summed E-state index contributed by atoms with van der Waals surface area (Å²) in [7, 11) is -3.23. The van der Waals surface area contributed by atoms with Gasteiger partial charge in [-0.25, -0.2) is 8.42 Å². The van der Waals surface area contributed by atoms with Crippen molar-refractivity contribution in [2.24, 2.45) is 0 Å². The van der Waals surface area contributed by atoms with E-state index in [1.54, 1.807) is 24.3 Å². The summed E-state index contributed by atoms with van der Waals surface area (Å²) in [6.45, 7) is 2.88. The van der Waals surface area contributed by atoms with Crippen LogP contribution >= 0.6 is 0 Å². The average molecular weight is 282 g/mol. The van der Waals surface area contributed by atoms with Gasteiger partial charge in [-0.3, -0.25) is 9.10 Å². The van der Waals surface area contributed by atoms with Gasteiger partial charge in [0.1, 0.15) is 0 Å². The first-order chi connectivity index (χ1) is 9.04. The van der Waals surface area contributed by atoms with Gasteiger partial charge in [0.05, 0.1) is 11.4 Å². The molecule has 0 aliphatic carbocycles. The molecule has 104 valence electrons. The first-order valence-corrected chi connectivity index (χ1v) is 8.04. The predicted octanol–water partition coefficient (Wildman–Crippen LogP) is 1.37. The molecule has 6 heteroatoms. The third-order valence-corrected chi connectivity index (χ3v) is 4.95. The Bertz CT molecular complexity index is 569. The second-order valence-electron chi connectivity index (χ2n) is 4.51. The van der Waals surface area contributed by atoms with Crippen LogP contribution < -0.4 is 9.62 Å². The topological polar surface area (TPSA) is 66.5 Å². The standard InChI is InChI=1S/C13H18N2O3S/c1-2-14-13(16)11-6-5-7-12(10-11)15-8-3-4-9-19(15,17)18/h5-7,10H,2-4,8-9H2,1H3,(H,14,16). The minimum atomic E-state index is -3.23. The number of carbonyl (C=O) groups is 1. The Hall–Kier alpha value is -1.56. The van der Waals surface area contributed by atoms with E-state index >= 15 is 0 Å². The van der Waals surface area contributed by atoms with Crippen LogP contribution in [0.15, 0.2) is 24.3 Å². The van der Waals surface area contributed by atoms with Crippen molar-refractivity contribution in [1.82, 2.24) is 5.32 Å². The molecule has 0 radical (unpaired) electrons. The Kier molecular flexibility index (Phi) is 4.09. The highest BCUT2D eigenvalue weighted by atomic mass is 32.2. The van der Waals surface area contributed by atoms with E-state index in [-0.39, 0.29) is 11.7 Å². The van der Waals surface area contributed by atoms with E-state index in [0.717, 1.165) is 6.42 Å². The van der Waals surface area contributed by atoms with Crippen LogP contribution in [0.5, 0.6) is 0 Å². The molecule has 1 aliphatic heterocycles. The van der Waals surface area contributed by atoms with Gasteiger partial charge in [0.25, 0.3) is 5.91 Å². The lowest BCUT2D eigenvalue weighted by atomic mass is 10.2. The van der Waals surface area contributed by atoms with Gasteiger partial charge >= 0.3 is 0 Å². The molecule has 0 unspecified atom stereocenters. The van der Waals surface area contributed by atoms with Gasteiger partial charge < -0.3 is 5.32 Å². The molecule has 1 N–H and O–H groups in total. The molecule has 0 aromatic heterocycles. The Morgan fingerprint density at radius 2 is 2.16 bits per heavy atom. The average Bonchev–Trinajstić information content (AvgIpc) is 2.38. The number of amides is 1. The highest BCUT2D eigenvalue weighted by molar-refractivity contribution is 7.92. The maximum absolute atomic E-state index is 12.0. The van der Waals surface area contributed by atoms with Crippen LogP contribution in [0.3, 0.4) is 0 Å². The van der Waals surface area contributed by atoms with Gasteiger partial charge in [-0.2, -0.15) is 0 Å². The molecule has 0 spiro atoms. The molecule has 0 bridgehead atoms. The number of nitrogens with one attached hydrogen (secondary N) is 1. The van der Waals surface area contributed by atoms with Crippen LogP contribution in [0.2, 0.25) is 0 Å². The molecule has 1 heterocycles. The van der Waals surface area contributed by atoms with Crippen molar-refractivity contribution in [3.05, 3.63) is 29.8 Å². The van der Waals surface area contributed by atoms with E-state index in [1.807, 2.05) is 6.92 Å². The summed E-state index contributed by atoms with van der Waals surface area (Å²) in [4.78, 5) is 11.8. The Morgan fingerprint density at radius 1 is 1.37 bits per heavy atom. The van der Waals surface area contributed by atoms with Gasteiger partial charge in [-0.15, -0.1) is 0 Å². The van der Waals surface area contributed by atoms with Crippen molar-refractivity contribution in [2.75, 3.05) is 23.1 Å². The van der Waals surface area contributed by atoms with E-state index in [4.69, 9.17) is 0 Å². The number of hydrogen-bond acceptors (Lipinski definition) is 3. The lowest BCUT2D eigenvalue weighted by molar-refractivity contribution is 0.0956. The van der Waals surface area contributed by atoms with Gasteiger partial charge in [-0.05, 0) is 38.0 Å². The number of nitrogens with zero attached hydrogens (tertiary/aromatic N) is 1. The maximum Gasteiger partial charge on any atom is 0.251 e. The lowest BCUT2D eigenvalue weighted by Gasteiger charge is -2.28. The molecule has 2 rings (SSSR count). The molecule has 5 nitrogen and oxygen atoms in total. The van der Waals surface area contributed by atoms with Crippen molar-refractivity contribution in [2.45, 2.75) is 19.8 Å². The normalized spacial score (nSPS) is 18.1. The third-order valence-electron chi connectivity index (χ3n) is 3.08. The fraction of sp³-hybridized carbons (Fsp3) is 0.462. The predicted molar refractivity (Wildman–Crippen MR) is 74.8 cm³/mol. The highest BCUT2D eigenvalue weighted by Gasteiger charge is 2.26. The van der Waals surface area contributed by atoms with E-state index < -0.39 is 10.0 Å². The van der Waals surface area contributed by atoms with Gasteiger partial charge in [0, 0.05) is 18.7 Å². The first kappa shape index (κ1) is 13.9. The second kappa shape index (κ2) is 5.61. The molecule has 0 atom stereocenters. The summed E-state index contributed by atoms with van der Waals surface area (Å²) in [6.07, 6.45) is 1.56. The van der Waals surface area contributed by atoms with Crippen molar-refractivity contribution in [1.29, 1.82) is 0 Å². The summed E-state index contributed by atoms with van der Waals surface area (Å²) in [6, 6.07) is 6.76. The van der Waals surface area contributed by atoms with E-state index in [9.17, 15) is 13.2 Å². The minimum Gasteiger partial charge on any atom is -0.352 e. The Morgan fingerprint density at radius 3 is 2.84 bits per heavy atom. The molecule has 0 saturated carbocycles. The fourth-order valence-electron chi connectivity index (χ4n) is 2.14. The summed E-state index contributed by atoms with van der Waals surface area (Å²) in [5.41, 5.74) is 1.06. The molecule has 1 saturated heterocycles. The lowest BCUT2D eigenvalue weighted by Crippen LogP contribution is -2.38. The minimum absolute atomic E-state index is 0.179. The number of rotatable bonds is 3. The number of benzene rings is 1. The monoisotopic (exact) mass is 282 g/mol. The van der Waals surface area contributed by atoms with Crippen LogP contribution in [0, 0.1) is 0 Å². The van der Waals surface area contributed by atoms with Crippen LogP contribution in [0.25, 0.3) is 0 Å². The van der Waals surface area contributed by atoms with Gasteiger partial charge in [0.15, 0.2) is 0 Å². The van der Waals surface area contributed by atoms with Crippen molar-refractivity contribution >= 4 is 21.6 Å². The summed E-state index contributed by atoms with van der Waals surface area (Å²) >= 11 is 0. The first-order valence-electron chi connectivity index (χ1n) is 6.43. The van der Waals surface area contributed by atoms with E-state index in [0.29, 0.717) is 30.8 Å². The smallest absolute Gasteiger partial charge is 0.251 e. The van der Waals surface area contributed by atoms with Crippen LogP contribution in [0.4, 0.5) is 5.69 Å². The van der Waals surface area contributed by atoms with E-state index in [2.05, 4.69) is 5.32 Å². The quantitative estimate of drug-likeness (QED) is 0.910. The summed E-state index contributed by atoms with van der Waals surface area (Å²) in [5.74, 6) is -0.00275. The molecular formula is C13H18N2O3S. The number of anilines is 1.